The highest BCUT2D eigenvalue weighted by atomic mass is 32.2. The zero-order valence-electron chi connectivity index (χ0n) is 19.3. The number of sulfone groups is 1. The first-order chi connectivity index (χ1) is 15.9. The number of hydrogen-bond acceptors (Lipinski definition) is 9. The molecule has 0 saturated carbocycles. The predicted molar refractivity (Wildman–Crippen MR) is 122 cm³/mol. The summed E-state index contributed by atoms with van der Waals surface area (Å²) in [5.41, 5.74) is 7.15. The summed E-state index contributed by atoms with van der Waals surface area (Å²) in [5, 5.41) is 0. The summed E-state index contributed by atoms with van der Waals surface area (Å²) in [6, 6.07) is 8.80. The number of methoxy groups -OCH3 is 4. The molecule has 0 aromatic heterocycles. The summed E-state index contributed by atoms with van der Waals surface area (Å²) in [6.45, 7) is 0.478. The molecule has 0 amide bonds. The van der Waals surface area contributed by atoms with Gasteiger partial charge in [0.25, 0.3) is 0 Å². The van der Waals surface area contributed by atoms with Gasteiger partial charge in [0.15, 0.2) is 17.4 Å². The van der Waals surface area contributed by atoms with E-state index in [1.54, 1.807) is 33.5 Å². The Labute approximate surface area is 194 Å². The first kappa shape index (κ1) is 25.1. The maximum Gasteiger partial charge on any atom is 0.205 e. The summed E-state index contributed by atoms with van der Waals surface area (Å²) >= 11 is 0. The van der Waals surface area contributed by atoms with Crippen LogP contribution in [0.2, 0.25) is 0 Å². The van der Waals surface area contributed by atoms with E-state index in [0.29, 0.717) is 23.7 Å². The van der Waals surface area contributed by atoms with Gasteiger partial charge in [0.05, 0.1) is 33.5 Å². The monoisotopic (exact) mass is 481 g/mol. The summed E-state index contributed by atoms with van der Waals surface area (Å²) in [6.07, 6.45) is 0.966. The largest absolute Gasteiger partial charge is 0.493 e. The fraction of sp³-hybridized carbons (Fsp3) is 0.478. The summed E-state index contributed by atoms with van der Waals surface area (Å²) in [4.78, 5) is 0.0649. The second kappa shape index (κ2) is 11.1. The van der Waals surface area contributed by atoms with Crippen LogP contribution in [0.25, 0.3) is 0 Å². The van der Waals surface area contributed by atoms with Crippen molar-refractivity contribution < 1.29 is 36.8 Å². The first-order valence-corrected chi connectivity index (χ1v) is 12.2. The van der Waals surface area contributed by atoms with E-state index in [4.69, 9.17) is 34.2 Å². The highest BCUT2D eigenvalue weighted by Gasteiger charge is 2.31. The Balaban J connectivity index is 1.89. The lowest BCUT2D eigenvalue weighted by molar-refractivity contribution is 0.0436. The lowest BCUT2D eigenvalue weighted by Gasteiger charge is -2.19. The van der Waals surface area contributed by atoms with Crippen molar-refractivity contribution in [1.29, 1.82) is 0 Å². The molecule has 0 unspecified atom stereocenters. The second-order valence-electron chi connectivity index (χ2n) is 7.51. The van der Waals surface area contributed by atoms with E-state index in [1.807, 2.05) is 18.2 Å². The second-order valence-corrected chi connectivity index (χ2v) is 9.42. The van der Waals surface area contributed by atoms with Gasteiger partial charge in [0.2, 0.25) is 15.6 Å². The van der Waals surface area contributed by atoms with Gasteiger partial charge in [-0.05, 0) is 48.2 Å². The molecule has 2 aromatic rings. The molecule has 3 rings (SSSR count). The normalized spacial score (nSPS) is 18.2. The zero-order chi connectivity index (χ0) is 24.0. The molecule has 0 bridgehead atoms. The quantitative estimate of drug-likeness (QED) is 0.517. The molecule has 2 atom stereocenters. The molecule has 10 heteroatoms. The Hall–Kier alpha value is -2.53. The molecule has 1 aliphatic heterocycles. The average Bonchev–Trinajstić information content (AvgIpc) is 3.32. The first-order valence-electron chi connectivity index (χ1n) is 10.5. The Morgan fingerprint density at radius 1 is 0.909 bits per heavy atom. The van der Waals surface area contributed by atoms with Crippen LogP contribution in [-0.4, -0.2) is 55.9 Å². The minimum atomic E-state index is -3.71. The van der Waals surface area contributed by atoms with Gasteiger partial charge in [-0.1, -0.05) is 6.07 Å². The molecule has 33 heavy (non-hydrogen) atoms. The van der Waals surface area contributed by atoms with Crippen molar-refractivity contribution in [1.82, 2.24) is 0 Å². The number of hydrogen-bond donors (Lipinski definition) is 1. The van der Waals surface area contributed by atoms with E-state index in [-0.39, 0.29) is 36.0 Å². The van der Waals surface area contributed by atoms with Crippen LogP contribution in [0.1, 0.15) is 36.2 Å². The number of benzene rings is 2. The minimum absolute atomic E-state index is 0.0649. The van der Waals surface area contributed by atoms with E-state index < -0.39 is 15.8 Å². The van der Waals surface area contributed by atoms with E-state index in [0.717, 1.165) is 17.5 Å². The van der Waals surface area contributed by atoms with Gasteiger partial charge in [0.1, 0.15) is 17.3 Å². The fourth-order valence-corrected chi connectivity index (χ4v) is 5.08. The highest BCUT2D eigenvalue weighted by molar-refractivity contribution is 7.91. The zero-order valence-corrected chi connectivity index (χ0v) is 20.1. The Bertz CT molecular complexity index is 1030. The van der Waals surface area contributed by atoms with Crippen molar-refractivity contribution in [3.8, 4) is 23.0 Å². The lowest BCUT2D eigenvalue weighted by Crippen LogP contribution is -2.15. The molecule has 182 valence electrons. The molecule has 1 aliphatic rings. The number of rotatable bonds is 11. The minimum Gasteiger partial charge on any atom is -0.493 e. The number of nitrogens with two attached hydrogens (primary N) is 1. The topological polar surface area (TPSA) is 116 Å². The van der Waals surface area contributed by atoms with Crippen molar-refractivity contribution in [2.45, 2.75) is 29.9 Å². The van der Waals surface area contributed by atoms with Crippen LogP contribution in [0.3, 0.4) is 0 Å². The van der Waals surface area contributed by atoms with Crippen LogP contribution in [0.5, 0.6) is 23.0 Å². The van der Waals surface area contributed by atoms with Crippen LogP contribution in [-0.2, 0) is 19.3 Å². The third kappa shape index (κ3) is 5.52. The van der Waals surface area contributed by atoms with Gasteiger partial charge in [-0.3, -0.25) is 0 Å². The standard InChI is InChI=1S/C23H31NO8S/c1-27-14-33(25,26)22-13-15(5-6-19(22)31-10-9-24)17-7-8-18(32-17)16-11-20(28-2)23(30-4)21(12-16)29-3/h5-6,11-13,17-18H,7-10,14,24H2,1-4H3/t17-,18-/m0/s1. The average molecular weight is 482 g/mol. The van der Waals surface area contributed by atoms with Gasteiger partial charge in [-0.15, -0.1) is 0 Å². The lowest BCUT2D eigenvalue weighted by atomic mass is 10.0. The van der Waals surface area contributed by atoms with Crippen LogP contribution in [0.4, 0.5) is 0 Å². The van der Waals surface area contributed by atoms with E-state index in [2.05, 4.69) is 0 Å². The summed E-state index contributed by atoms with van der Waals surface area (Å²) in [5.74, 6) is 1.41. The SMILES string of the molecule is COCS(=O)(=O)c1cc([C@@H]2CC[C@@H](c3cc(OC)c(OC)c(OC)c3)O2)ccc1OCCN. The fourth-order valence-electron chi connectivity index (χ4n) is 3.89. The molecule has 0 aliphatic carbocycles. The third-order valence-corrected chi connectivity index (χ3v) is 6.94. The molecule has 1 saturated heterocycles. The van der Waals surface area contributed by atoms with Gasteiger partial charge >= 0.3 is 0 Å². The Kier molecular flexibility index (Phi) is 8.41. The molecule has 0 spiro atoms. The van der Waals surface area contributed by atoms with Gasteiger partial charge in [-0.2, -0.15) is 0 Å². The van der Waals surface area contributed by atoms with E-state index in [1.165, 1.54) is 7.11 Å². The molecular weight excluding hydrogens is 450 g/mol. The molecule has 1 heterocycles. The molecule has 2 aromatic carbocycles. The maximum absolute atomic E-state index is 12.8. The molecule has 1 fully saturated rings. The molecular formula is C23H31NO8S. The number of ether oxygens (including phenoxy) is 6. The Morgan fingerprint density at radius 2 is 1.55 bits per heavy atom. The van der Waals surface area contributed by atoms with Crippen molar-refractivity contribution >= 4 is 9.84 Å². The van der Waals surface area contributed by atoms with Crippen molar-refractivity contribution in [3.05, 3.63) is 41.5 Å². The van der Waals surface area contributed by atoms with Crippen LogP contribution in [0, 0.1) is 0 Å². The van der Waals surface area contributed by atoms with E-state index >= 15 is 0 Å². The van der Waals surface area contributed by atoms with E-state index in [9.17, 15) is 8.42 Å². The van der Waals surface area contributed by atoms with Crippen molar-refractivity contribution in [2.75, 3.05) is 47.5 Å². The van der Waals surface area contributed by atoms with Crippen LogP contribution >= 0.6 is 0 Å². The predicted octanol–water partition coefficient (Wildman–Crippen LogP) is 3.02. The van der Waals surface area contributed by atoms with Crippen molar-refractivity contribution in [2.24, 2.45) is 5.73 Å². The van der Waals surface area contributed by atoms with Gasteiger partial charge < -0.3 is 34.2 Å². The van der Waals surface area contributed by atoms with Gasteiger partial charge in [-0.25, -0.2) is 8.42 Å². The Morgan fingerprint density at radius 3 is 2.09 bits per heavy atom. The van der Waals surface area contributed by atoms with Gasteiger partial charge in [0, 0.05) is 13.7 Å². The maximum atomic E-state index is 12.8. The molecule has 9 nitrogen and oxygen atoms in total. The smallest absolute Gasteiger partial charge is 0.205 e. The summed E-state index contributed by atoms with van der Waals surface area (Å²) < 4.78 is 58.6. The highest BCUT2D eigenvalue weighted by Crippen LogP contribution is 2.46. The molecule has 2 N–H and O–H groups in total. The van der Waals surface area contributed by atoms with Crippen LogP contribution in [0.15, 0.2) is 35.2 Å². The summed E-state index contributed by atoms with van der Waals surface area (Å²) in [7, 11) is 2.32. The third-order valence-electron chi connectivity index (χ3n) is 5.40. The van der Waals surface area contributed by atoms with Crippen LogP contribution < -0.4 is 24.7 Å². The molecule has 0 radical (unpaired) electrons. The van der Waals surface area contributed by atoms with Crippen molar-refractivity contribution in [3.63, 3.8) is 0 Å².